The molecule has 0 radical (unpaired) electrons. The normalized spacial score (nSPS) is 12.0. The van der Waals surface area contributed by atoms with Crippen molar-refractivity contribution in [1.82, 2.24) is 10.2 Å². The van der Waals surface area contributed by atoms with Crippen molar-refractivity contribution in [2.24, 2.45) is 0 Å². The highest BCUT2D eigenvalue weighted by Gasteiger charge is 2.33. The first-order valence-electron chi connectivity index (χ1n) is 12.8. The molecule has 3 rings (SSSR count). The summed E-state index contributed by atoms with van der Waals surface area (Å²) < 4.78 is 26.7. The number of carbonyl (C=O) groups excluding carboxylic acids is 2. The van der Waals surface area contributed by atoms with Crippen LogP contribution in [-0.4, -0.2) is 50.5 Å². The zero-order chi connectivity index (χ0) is 27.7. The van der Waals surface area contributed by atoms with Crippen LogP contribution in [0.3, 0.4) is 0 Å². The largest absolute Gasteiger partial charge is 0.354 e. The molecule has 0 fully saturated rings. The number of anilines is 1. The maximum absolute atomic E-state index is 14.0. The van der Waals surface area contributed by atoms with Gasteiger partial charge in [-0.2, -0.15) is 0 Å². The smallest absolute Gasteiger partial charge is 0.244 e. The zero-order valence-corrected chi connectivity index (χ0v) is 23.4. The van der Waals surface area contributed by atoms with Crippen LogP contribution in [0.1, 0.15) is 35.6 Å². The molecular weight excluding hydrogens is 498 g/mol. The lowest BCUT2D eigenvalue weighted by atomic mass is 10.0. The first-order valence-corrected chi connectivity index (χ1v) is 14.6. The quantitative estimate of drug-likeness (QED) is 0.376. The van der Waals surface area contributed by atoms with E-state index in [4.69, 9.17) is 0 Å². The average molecular weight is 536 g/mol. The fourth-order valence-electron chi connectivity index (χ4n) is 4.22. The molecule has 0 spiro atoms. The van der Waals surface area contributed by atoms with E-state index in [0.29, 0.717) is 18.7 Å². The van der Waals surface area contributed by atoms with Crippen LogP contribution in [0.15, 0.2) is 78.9 Å². The Morgan fingerprint density at radius 3 is 2.13 bits per heavy atom. The van der Waals surface area contributed by atoms with Crippen LogP contribution in [0.2, 0.25) is 0 Å². The summed E-state index contributed by atoms with van der Waals surface area (Å²) in [5.41, 5.74) is 4.16. The molecule has 2 amide bonds. The van der Waals surface area contributed by atoms with Crippen LogP contribution in [0.5, 0.6) is 0 Å². The molecule has 0 aliphatic carbocycles. The van der Waals surface area contributed by atoms with Gasteiger partial charge in [-0.25, -0.2) is 8.42 Å². The zero-order valence-electron chi connectivity index (χ0n) is 22.6. The molecule has 0 bridgehead atoms. The molecule has 1 atom stereocenters. The van der Waals surface area contributed by atoms with Crippen LogP contribution in [0.4, 0.5) is 5.69 Å². The number of carbonyl (C=O) groups is 2. The van der Waals surface area contributed by atoms with Gasteiger partial charge in [-0.15, -0.1) is 0 Å². The summed E-state index contributed by atoms with van der Waals surface area (Å²) in [5.74, 6) is -0.717. The van der Waals surface area contributed by atoms with E-state index in [9.17, 15) is 18.0 Å². The Morgan fingerprint density at radius 1 is 0.895 bits per heavy atom. The van der Waals surface area contributed by atoms with Crippen molar-refractivity contribution < 1.29 is 18.0 Å². The Labute approximate surface area is 226 Å². The third-order valence-electron chi connectivity index (χ3n) is 6.42. The van der Waals surface area contributed by atoms with Crippen LogP contribution in [0.25, 0.3) is 0 Å². The maximum atomic E-state index is 14.0. The van der Waals surface area contributed by atoms with E-state index in [0.717, 1.165) is 39.2 Å². The molecule has 0 aromatic heterocycles. The number of hydrogen-bond acceptors (Lipinski definition) is 4. The highest BCUT2D eigenvalue weighted by atomic mass is 32.2. The number of benzene rings is 3. The van der Waals surface area contributed by atoms with Gasteiger partial charge in [-0.05, 0) is 49.1 Å². The predicted molar refractivity (Wildman–Crippen MR) is 152 cm³/mol. The molecule has 1 unspecified atom stereocenters. The summed E-state index contributed by atoms with van der Waals surface area (Å²) >= 11 is 0. The lowest BCUT2D eigenvalue weighted by Crippen LogP contribution is -2.53. The van der Waals surface area contributed by atoms with Crippen molar-refractivity contribution in [1.29, 1.82) is 0 Å². The van der Waals surface area contributed by atoms with Crippen LogP contribution < -0.4 is 9.62 Å². The fraction of sp³-hybridized carbons (Fsp3) is 0.333. The summed E-state index contributed by atoms with van der Waals surface area (Å²) in [6.07, 6.45) is 2.14. The second-order valence-corrected chi connectivity index (χ2v) is 11.5. The molecule has 0 saturated carbocycles. The van der Waals surface area contributed by atoms with E-state index in [1.165, 1.54) is 4.90 Å². The van der Waals surface area contributed by atoms with Crippen molar-refractivity contribution in [3.05, 3.63) is 101 Å². The van der Waals surface area contributed by atoms with Gasteiger partial charge in [0.25, 0.3) is 0 Å². The Morgan fingerprint density at radius 2 is 1.53 bits per heavy atom. The minimum atomic E-state index is -3.77. The van der Waals surface area contributed by atoms with Gasteiger partial charge in [0, 0.05) is 19.5 Å². The van der Waals surface area contributed by atoms with Gasteiger partial charge in [-0.3, -0.25) is 13.9 Å². The van der Waals surface area contributed by atoms with Gasteiger partial charge in [0.2, 0.25) is 21.8 Å². The molecule has 7 nitrogen and oxygen atoms in total. The third kappa shape index (κ3) is 7.92. The lowest BCUT2D eigenvalue weighted by Gasteiger charge is -2.34. The summed E-state index contributed by atoms with van der Waals surface area (Å²) in [4.78, 5) is 29.0. The van der Waals surface area contributed by atoms with E-state index in [1.54, 1.807) is 24.3 Å². The van der Waals surface area contributed by atoms with Gasteiger partial charge in [0.05, 0.1) is 11.9 Å². The monoisotopic (exact) mass is 535 g/mol. The van der Waals surface area contributed by atoms with E-state index in [2.05, 4.69) is 5.32 Å². The predicted octanol–water partition coefficient (Wildman–Crippen LogP) is 4.24. The van der Waals surface area contributed by atoms with Gasteiger partial charge >= 0.3 is 0 Å². The minimum absolute atomic E-state index is 0.175. The average Bonchev–Trinajstić information content (AvgIpc) is 2.89. The molecule has 8 heteroatoms. The van der Waals surface area contributed by atoms with Crippen molar-refractivity contribution >= 4 is 27.5 Å². The number of sulfonamides is 1. The SMILES string of the molecule is CCCNC(=O)C(Cc1ccccc1)N(Cc1ccccc1C)C(=O)CN(c1ccc(C)cc1)S(C)(=O)=O. The summed E-state index contributed by atoms with van der Waals surface area (Å²) in [5, 5.41) is 2.95. The molecule has 0 saturated heterocycles. The Balaban J connectivity index is 2.04. The van der Waals surface area contributed by atoms with E-state index in [1.807, 2.05) is 75.4 Å². The van der Waals surface area contributed by atoms with Gasteiger partial charge in [0.1, 0.15) is 12.6 Å². The summed E-state index contributed by atoms with van der Waals surface area (Å²) in [6.45, 7) is 6.07. The maximum Gasteiger partial charge on any atom is 0.244 e. The highest BCUT2D eigenvalue weighted by molar-refractivity contribution is 7.92. The molecule has 0 heterocycles. The van der Waals surface area contributed by atoms with Crippen LogP contribution in [0, 0.1) is 13.8 Å². The Kier molecular flexibility index (Phi) is 10.1. The van der Waals surface area contributed by atoms with Crippen molar-refractivity contribution in [3.8, 4) is 0 Å². The topological polar surface area (TPSA) is 86.8 Å². The van der Waals surface area contributed by atoms with Crippen LogP contribution in [-0.2, 0) is 32.6 Å². The third-order valence-corrected chi connectivity index (χ3v) is 7.56. The number of hydrogen-bond donors (Lipinski definition) is 1. The van der Waals surface area contributed by atoms with Crippen molar-refractivity contribution in [3.63, 3.8) is 0 Å². The Hall–Kier alpha value is -3.65. The molecule has 3 aromatic carbocycles. The van der Waals surface area contributed by atoms with Gasteiger partial charge in [0.15, 0.2) is 0 Å². The molecule has 202 valence electrons. The number of nitrogens with zero attached hydrogens (tertiary/aromatic N) is 2. The lowest BCUT2D eigenvalue weighted by molar-refractivity contribution is -0.140. The van der Waals surface area contributed by atoms with E-state index < -0.39 is 28.5 Å². The molecular formula is C30H37N3O4S. The van der Waals surface area contributed by atoms with Gasteiger partial charge in [-0.1, -0.05) is 79.2 Å². The number of amides is 2. The van der Waals surface area contributed by atoms with Crippen molar-refractivity contribution in [2.45, 2.75) is 46.2 Å². The first-order chi connectivity index (χ1) is 18.1. The number of rotatable bonds is 12. The van der Waals surface area contributed by atoms with E-state index in [-0.39, 0.29) is 12.5 Å². The summed E-state index contributed by atoms with van der Waals surface area (Å²) in [7, 11) is -3.77. The first kappa shape index (κ1) is 28.9. The molecule has 0 aliphatic rings. The van der Waals surface area contributed by atoms with Crippen molar-refractivity contribution in [2.75, 3.05) is 23.7 Å². The second kappa shape index (κ2) is 13.2. The molecule has 3 aromatic rings. The number of aryl methyl sites for hydroxylation is 2. The number of nitrogens with one attached hydrogen (secondary N) is 1. The molecule has 0 aliphatic heterocycles. The second-order valence-electron chi connectivity index (χ2n) is 9.55. The van der Waals surface area contributed by atoms with Crippen LogP contribution >= 0.6 is 0 Å². The fourth-order valence-corrected chi connectivity index (χ4v) is 5.07. The Bertz CT molecular complexity index is 1330. The molecule has 38 heavy (non-hydrogen) atoms. The minimum Gasteiger partial charge on any atom is -0.354 e. The highest BCUT2D eigenvalue weighted by Crippen LogP contribution is 2.21. The summed E-state index contributed by atoms with van der Waals surface area (Å²) in [6, 6.07) is 23.4. The molecule has 1 N–H and O–H groups in total. The van der Waals surface area contributed by atoms with Gasteiger partial charge < -0.3 is 10.2 Å². The van der Waals surface area contributed by atoms with E-state index >= 15 is 0 Å². The standard InChI is InChI=1S/C30H37N3O4S/c1-5-19-31-30(35)28(20-25-12-7-6-8-13-25)32(21-26-14-10-9-11-24(26)3)29(34)22-33(38(4,36)37)27-17-15-23(2)16-18-27/h6-18,28H,5,19-22H2,1-4H3,(H,31,35).